The van der Waals surface area contributed by atoms with Gasteiger partial charge in [-0.3, -0.25) is 14.5 Å². The van der Waals surface area contributed by atoms with Crippen molar-refractivity contribution in [1.29, 1.82) is 0 Å². The zero-order valence-corrected chi connectivity index (χ0v) is 26.1. The van der Waals surface area contributed by atoms with E-state index in [0.717, 1.165) is 41.5 Å². The van der Waals surface area contributed by atoms with Gasteiger partial charge in [-0.1, -0.05) is 42.5 Å². The lowest BCUT2D eigenvalue weighted by molar-refractivity contribution is -0.151. The number of amides is 2. The standard InChI is InChI=1S/C30H44N4O4S.ClH/c1-22(2)38-30(37)27(15-17-39-5)31-28(35)20-33(18-24-12-8-11-23-10-6-7-14-26(23)24)19-25-13-9-16-34(25)29(36)21-32(3)4;/h6-8,10-12,14,22,25,27H,9,13,15-21H2,1-5H3,(H,31,35);1H/t25-,27-;/m0./s1. The Balaban J connectivity index is 0.00000560. The average molecular weight is 593 g/mol. The van der Waals surface area contributed by atoms with Crippen molar-refractivity contribution in [3.8, 4) is 0 Å². The normalized spacial score (nSPS) is 15.9. The molecule has 1 aliphatic rings. The maximum absolute atomic E-state index is 13.4. The van der Waals surface area contributed by atoms with Gasteiger partial charge in [0.2, 0.25) is 11.8 Å². The number of benzene rings is 2. The van der Waals surface area contributed by atoms with Crippen LogP contribution in [0.15, 0.2) is 42.5 Å². The minimum Gasteiger partial charge on any atom is -0.461 e. The van der Waals surface area contributed by atoms with E-state index in [-0.39, 0.29) is 42.9 Å². The van der Waals surface area contributed by atoms with Gasteiger partial charge in [0, 0.05) is 25.7 Å². The van der Waals surface area contributed by atoms with Crippen LogP contribution in [0.4, 0.5) is 0 Å². The van der Waals surface area contributed by atoms with Crippen LogP contribution in [-0.2, 0) is 25.7 Å². The van der Waals surface area contributed by atoms with Crippen molar-refractivity contribution >= 4 is 52.7 Å². The van der Waals surface area contributed by atoms with Crippen LogP contribution >= 0.6 is 24.2 Å². The molecule has 1 N–H and O–H groups in total. The first-order chi connectivity index (χ1) is 18.7. The van der Waals surface area contributed by atoms with E-state index in [1.807, 2.05) is 62.2 Å². The van der Waals surface area contributed by atoms with Crippen LogP contribution in [-0.4, -0.2) is 103 Å². The summed E-state index contributed by atoms with van der Waals surface area (Å²) < 4.78 is 5.41. The van der Waals surface area contributed by atoms with Gasteiger partial charge in [-0.2, -0.15) is 11.8 Å². The molecule has 2 aromatic rings. The first-order valence-electron chi connectivity index (χ1n) is 13.8. The molecule has 0 bridgehead atoms. The molecule has 40 heavy (non-hydrogen) atoms. The van der Waals surface area contributed by atoms with Crippen molar-refractivity contribution in [2.45, 2.75) is 57.8 Å². The van der Waals surface area contributed by atoms with Crippen molar-refractivity contribution < 1.29 is 19.1 Å². The molecule has 0 radical (unpaired) electrons. The zero-order valence-electron chi connectivity index (χ0n) is 24.4. The smallest absolute Gasteiger partial charge is 0.328 e. The topological polar surface area (TPSA) is 82.2 Å². The van der Waals surface area contributed by atoms with E-state index in [1.54, 1.807) is 11.8 Å². The maximum atomic E-state index is 13.4. The number of hydrogen-bond acceptors (Lipinski definition) is 7. The second-order valence-electron chi connectivity index (χ2n) is 10.8. The Morgan fingerprint density at radius 2 is 1.82 bits per heavy atom. The van der Waals surface area contributed by atoms with Crippen LogP contribution in [0.25, 0.3) is 10.8 Å². The van der Waals surface area contributed by atoms with Crippen LogP contribution in [0.5, 0.6) is 0 Å². The second-order valence-corrected chi connectivity index (χ2v) is 11.8. The van der Waals surface area contributed by atoms with Crippen LogP contribution < -0.4 is 5.32 Å². The molecule has 8 nitrogen and oxygen atoms in total. The number of nitrogens with zero attached hydrogens (tertiary/aromatic N) is 3. The number of fused-ring (bicyclic) bond motifs is 1. The summed E-state index contributed by atoms with van der Waals surface area (Å²) in [5.74, 6) is 0.240. The summed E-state index contributed by atoms with van der Waals surface area (Å²) in [5.41, 5.74) is 1.13. The van der Waals surface area contributed by atoms with Crippen LogP contribution in [0.1, 0.15) is 38.7 Å². The fraction of sp³-hybridized carbons (Fsp3) is 0.567. The minimum absolute atomic E-state index is 0. The number of esters is 1. The molecule has 222 valence electrons. The predicted molar refractivity (Wildman–Crippen MR) is 166 cm³/mol. The first kappa shape index (κ1) is 33.9. The van der Waals surface area contributed by atoms with Crippen LogP contribution in [0.3, 0.4) is 0 Å². The third kappa shape index (κ3) is 10.3. The fourth-order valence-electron chi connectivity index (χ4n) is 5.11. The third-order valence-corrected chi connectivity index (χ3v) is 7.49. The fourth-order valence-corrected chi connectivity index (χ4v) is 5.58. The zero-order chi connectivity index (χ0) is 28.4. The highest BCUT2D eigenvalue weighted by molar-refractivity contribution is 7.98. The highest BCUT2D eigenvalue weighted by Crippen LogP contribution is 2.23. The van der Waals surface area contributed by atoms with E-state index in [4.69, 9.17) is 4.74 Å². The van der Waals surface area contributed by atoms with Gasteiger partial charge >= 0.3 is 5.97 Å². The summed E-state index contributed by atoms with van der Waals surface area (Å²) in [6, 6.07) is 13.8. The molecule has 0 aliphatic carbocycles. The molecule has 1 aliphatic heterocycles. The molecule has 1 saturated heterocycles. The van der Waals surface area contributed by atoms with Gasteiger partial charge < -0.3 is 19.9 Å². The summed E-state index contributed by atoms with van der Waals surface area (Å²) >= 11 is 1.63. The van der Waals surface area contributed by atoms with Crippen LogP contribution in [0.2, 0.25) is 0 Å². The number of halogens is 1. The Bertz CT molecular complexity index is 1110. The number of likely N-dealkylation sites (tertiary alicyclic amines) is 1. The molecule has 0 unspecified atom stereocenters. The van der Waals surface area contributed by atoms with E-state index >= 15 is 0 Å². The van der Waals surface area contributed by atoms with Gasteiger partial charge in [0.25, 0.3) is 0 Å². The lowest BCUT2D eigenvalue weighted by Crippen LogP contribution is -2.50. The highest BCUT2D eigenvalue weighted by atomic mass is 35.5. The van der Waals surface area contributed by atoms with E-state index in [2.05, 4.69) is 34.5 Å². The lowest BCUT2D eigenvalue weighted by atomic mass is 10.0. The van der Waals surface area contributed by atoms with Gasteiger partial charge in [0.05, 0.1) is 19.2 Å². The molecule has 0 aromatic heterocycles. The Morgan fingerprint density at radius 3 is 2.52 bits per heavy atom. The third-order valence-electron chi connectivity index (χ3n) is 6.84. The Morgan fingerprint density at radius 1 is 1.10 bits per heavy atom. The number of thioether (sulfide) groups is 1. The summed E-state index contributed by atoms with van der Waals surface area (Å²) in [7, 11) is 3.80. The number of nitrogens with one attached hydrogen (secondary N) is 1. The number of likely N-dealkylation sites (N-methyl/N-ethyl adjacent to an activating group) is 1. The molecule has 0 spiro atoms. The predicted octanol–water partition coefficient (Wildman–Crippen LogP) is 3.81. The van der Waals surface area contributed by atoms with Gasteiger partial charge in [-0.05, 0) is 75.5 Å². The monoisotopic (exact) mass is 592 g/mol. The summed E-state index contributed by atoms with van der Waals surface area (Å²) in [6.45, 7) is 6.00. The quantitative estimate of drug-likeness (QED) is 0.334. The number of rotatable bonds is 14. The molecule has 2 atom stereocenters. The van der Waals surface area contributed by atoms with Gasteiger partial charge in [-0.25, -0.2) is 4.79 Å². The van der Waals surface area contributed by atoms with Gasteiger partial charge in [0.1, 0.15) is 6.04 Å². The molecule has 1 heterocycles. The minimum atomic E-state index is -0.684. The average Bonchev–Trinajstić information content (AvgIpc) is 3.34. The molecule has 1 fully saturated rings. The van der Waals surface area contributed by atoms with Crippen molar-refractivity contribution in [1.82, 2.24) is 20.0 Å². The Kier molecular flexibility index (Phi) is 14.2. The molecule has 2 amide bonds. The lowest BCUT2D eigenvalue weighted by Gasteiger charge is -2.32. The van der Waals surface area contributed by atoms with E-state index in [1.165, 1.54) is 0 Å². The number of ether oxygens (including phenoxy) is 1. The number of carbonyl (C=O) groups excluding carboxylic acids is 3. The molecular weight excluding hydrogens is 548 g/mol. The maximum Gasteiger partial charge on any atom is 0.328 e. The van der Waals surface area contributed by atoms with Crippen molar-refractivity contribution in [2.24, 2.45) is 0 Å². The SMILES string of the molecule is CSCC[C@H](NC(=O)CN(Cc1cccc2ccccc12)C[C@@H]1CCCN1C(=O)CN(C)C)C(=O)OC(C)C.Cl. The van der Waals surface area contributed by atoms with Gasteiger partial charge in [0.15, 0.2) is 0 Å². The Labute approximate surface area is 249 Å². The molecule has 2 aromatic carbocycles. The van der Waals surface area contributed by atoms with E-state index < -0.39 is 12.0 Å². The van der Waals surface area contributed by atoms with Crippen molar-refractivity contribution in [3.05, 3.63) is 48.0 Å². The van der Waals surface area contributed by atoms with Crippen LogP contribution in [0, 0.1) is 0 Å². The highest BCUT2D eigenvalue weighted by Gasteiger charge is 2.31. The largest absolute Gasteiger partial charge is 0.461 e. The Hall–Kier alpha value is -2.33. The summed E-state index contributed by atoms with van der Waals surface area (Å²) in [6.07, 6.45) is 4.10. The first-order valence-corrected chi connectivity index (χ1v) is 15.2. The van der Waals surface area contributed by atoms with E-state index in [0.29, 0.717) is 26.1 Å². The van der Waals surface area contributed by atoms with E-state index in [9.17, 15) is 14.4 Å². The second kappa shape index (κ2) is 16.8. The van der Waals surface area contributed by atoms with Crippen molar-refractivity contribution in [3.63, 3.8) is 0 Å². The number of carbonyl (C=O) groups is 3. The van der Waals surface area contributed by atoms with Gasteiger partial charge in [-0.15, -0.1) is 12.4 Å². The number of hydrogen-bond donors (Lipinski definition) is 1. The van der Waals surface area contributed by atoms with Crippen molar-refractivity contribution in [2.75, 3.05) is 52.3 Å². The molecule has 10 heteroatoms. The molecule has 0 saturated carbocycles. The summed E-state index contributed by atoms with van der Waals surface area (Å²) in [4.78, 5) is 45.0. The molecular formula is C30H45ClN4O4S. The summed E-state index contributed by atoms with van der Waals surface area (Å²) in [5, 5.41) is 5.24. The molecule has 3 rings (SSSR count).